The van der Waals surface area contributed by atoms with E-state index in [0.717, 1.165) is 49.8 Å². The summed E-state index contributed by atoms with van der Waals surface area (Å²) < 4.78 is 16.0. The van der Waals surface area contributed by atoms with Gasteiger partial charge in [0.1, 0.15) is 5.82 Å². The second-order valence-corrected chi connectivity index (χ2v) is 9.38. The summed E-state index contributed by atoms with van der Waals surface area (Å²) in [5.41, 5.74) is 5.64. The molecule has 1 aliphatic rings. The molecule has 8 heteroatoms. The summed E-state index contributed by atoms with van der Waals surface area (Å²) in [5.74, 6) is -0.330. The topological polar surface area (TPSA) is 36.3 Å². The first-order valence-corrected chi connectivity index (χ1v) is 11.9. The van der Waals surface area contributed by atoms with Crippen LogP contribution in [0.2, 0.25) is 5.02 Å². The maximum absolute atomic E-state index is 14.2. The van der Waals surface area contributed by atoms with Gasteiger partial charge in [0.15, 0.2) is 5.11 Å². The normalized spacial score (nSPS) is 14.5. The van der Waals surface area contributed by atoms with E-state index >= 15 is 0 Å². The van der Waals surface area contributed by atoms with Gasteiger partial charge in [0.2, 0.25) is 0 Å². The smallest absolute Gasteiger partial charge is 0.173 e. The number of anilines is 1. The molecule has 0 amide bonds. The van der Waals surface area contributed by atoms with Crippen molar-refractivity contribution in [3.63, 3.8) is 0 Å². The predicted molar refractivity (Wildman–Crippen MR) is 136 cm³/mol. The Morgan fingerprint density at radius 2 is 1.73 bits per heavy atom. The maximum Gasteiger partial charge on any atom is 0.173 e. The molecule has 1 fully saturated rings. The van der Waals surface area contributed by atoms with E-state index in [1.807, 2.05) is 13.8 Å². The molecule has 0 saturated carbocycles. The largest absolute Gasteiger partial charge is 0.346 e. The van der Waals surface area contributed by atoms with E-state index in [4.69, 9.17) is 23.8 Å². The number of aryl methyl sites for hydroxylation is 2. The van der Waals surface area contributed by atoms with Crippen LogP contribution in [0.4, 0.5) is 10.1 Å². The first-order valence-electron chi connectivity index (χ1n) is 11.1. The van der Waals surface area contributed by atoms with E-state index < -0.39 is 0 Å². The molecule has 0 atom stereocenters. The lowest BCUT2D eigenvalue weighted by Gasteiger charge is -2.36. The van der Waals surface area contributed by atoms with E-state index in [1.165, 1.54) is 17.2 Å². The zero-order valence-electron chi connectivity index (χ0n) is 19.2. The van der Waals surface area contributed by atoms with Gasteiger partial charge in [-0.25, -0.2) is 4.39 Å². The summed E-state index contributed by atoms with van der Waals surface area (Å²) in [6.07, 6.45) is 0. The molecule has 1 aliphatic heterocycles. The first kappa shape index (κ1) is 23.7. The highest BCUT2D eigenvalue weighted by atomic mass is 35.5. The fourth-order valence-electron chi connectivity index (χ4n) is 4.11. The van der Waals surface area contributed by atoms with Gasteiger partial charge in [0.05, 0.1) is 23.6 Å². The molecule has 1 N–H and O–H groups in total. The van der Waals surface area contributed by atoms with E-state index in [2.05, 4.69) is 51.4 Å². The van der Waals surface area contributed by atoms with Crippen molar-refractivity contribution in [3.8, 4) is 0 Å². The van der Waals surface area contributed by atoms with Crippen LogP contribution in [-0.2, 0) is 13.1 Å². The van der Waals surface area contributed by atoms with Crippen molar-refractivity contribution in [2.24, 2.45) is 0 Å². The Bertz CT molecular complexity index is 1120. The predicted octanol–water partition coefficient (Wildman–Crippen LogP) is 5.16. The Kier molecular flexibility index (Phi) is 7.32. The average molecular weight is 486 g/mol. The summed E-state index contributed by atoms with van der Waals surface area (Å²) in [4.78, 5) is 4.65. The van der Waals surface area contributed by atoms with Crippen LogP contribution < -0.4 is 5.32 Å². The van der Waals surface area contributed by atoms with Gasteiger partial charge < -0.3 is 10.2 Å². The van der Waals surface area contributed by atoms with Gasteiger partial charge in [-0.1, -0.05) is 47.5 Å². The molecule has 3 aromatic rings. The number of hydrogen-bond acceptors (Lipinski definition) is 3. The van der Waals surface area contributed by atoms with Gasteiger partial charge in [-0.3, -0.25) is 9.58 Å². The fraction of sp³-hybridized carbons (Fsp3) is 0.360. The fourth-order valence-corrected chi connectivity index (χ4v) is 4.62. The molecule has 0 bridgehead atoms. The van der Waals surface area contributed by atoms with Gasteiger partial charge in [-0.05, 0) is 50.7 Å². The van der Waals surface area contributed by atoms with Crippen LogP contribution in [0.15, 0.2) is 42.5 Å². The summed E-state index contributed by atoms with van der Waals surface area (Å²) in [5, 5.41) is 9.07. The van der Waals surface area contributed by atoms with Crippen molar-refractivity contribution in [1.82, 2.24) is 19.6 Å². The number of nitrogens with zero attached hydrogens (tertiary/aromatic N) is 4. The zero-order chi connectivity index (χ0) is 23.5. The second-order valence-electron chi connectivity index (χ2n) is 8.58. The van der Waals surface area contributed by atoms with Crippen LogP contribution in [0.5, 0.6) is 0 Å². The lowest BCUT2D eigenvalue weighted by atomic mass is 10.1. The molecule has 174 valence electrons. The Labute approximate surface area is 205 Å². The third-order valence-corrected chi connectivity index (χ3v) is 6.88. The lowest BCUT2D eigenvalue weighted by molar-refractivity contribution is 0.177. The summed E-state index contributed by atoms with van der Waals surface area (Å²) >= 11 is 11.9. The van der Waals surface area contributed by atoms with E-state index in [-0.39, 0.29) is 12.4 Å². The summed E-state index contributed by atoms with van der Waals surface area (Å²) in [7, 11) is 0. The first-order chi connectivity index (χ1) is 15.8. The SMILES string of the molecule is Cc1ccc(CN2CCN(C(=S)Nc3c(C)nn(Cc4c(F)cccc4Cl)c3C)CC2)cc1. The van der Waals surface area contributed by atoms with E-state index in [0.29, 0.717) is 15.7 Å². The highest BCUT2D eigenvalue weighted by molar-refractivity contribution is 7.80. The minimum Gasteiger partial charge on any atom is -0.346 e. The average Bonchev–Trinajstić information content (AvgIpc) is 3.06. The number of nitrogens with one attached hydrogen (secondary N) is 1. The molecule has 2 heterocycles. The number of rotatable bonds is 5. The van der Waals surface area contributed by atoms with Crippen molar-refractivity contribution in [2.75, 3.05) is 31.5 Å². The van der Waals surface area contributed by atoms with Crippen LogP contribution in [0.3, 0.4) is 0 Å². The molecule has 1 saturated heterocycles. The molecule has 1 aromatic heterocycles. The number of piperazine rings is 1. The molecule has 33 heavy (non-hydrogen) atoms. The van der Waals surface area contributed by atoms with Crippen LogP contribution in [-0.4, -0.2) is 50.9 Å². The van der Waals surface area contributed by atoms with E-state index in [9.17, 15) is 4.39 Å². The standard InChI is InChI=1S/C25H29ClFN5S/c1-17-7-9-20(10-8-17)15-30-11-13-31(14-12-30)25(33)28-24-18(2)29-32(19(24)3)16-21-22(26)5-4-6-23(21)27/h4-10H,11-16H2,1-3H3,(H,28,33). The minimum atomic E-state index is -0.330. The summed E-state index contributed by atoms with van der Waals surface area (Å²) in [6.45, 7) is 10.9. The molecule has 2 aromatic carbocycles. The van der Waals surface area contributed by atoms with Gasteiger partial charge >= 0.3 is 0 Å². The van der Waals surface area contributed by atoms with Crippen molar-refractivity contribution in [2.45, 2.75) is 33.9 Å². The van der Waals surface area contributed by atoms with Crippen molar-refractivity contribution in [3.05, 3.63) is 81.4 Å². The highest BCUT2D eigenvalue weighted by Crippen LogP contribution is 2.25. The van der Waals surface area contributed by atoms with Crippen LogP contribution in [0.1, 0.15) is 28.1 Å². The third-order valence-electron chi connectivity index (χ3n) is 6.17. The third kappa shape index (κ3) is 5.54. The number of thiocarbonyl (C=S) groups is 1. The Balaban J connectivity index is 1.36. The van der Waals surface area contributed by atoms with Crippen molar-refractivity contribution < 1.29 is 4.39 Å². The molecular weight excluding hydrogens is 457 g/mol. The second kappa shape index (κ2) is 10.2. The molecule has 0 unspecified atom stereocenters. The molecule has 5 nitrogen and oxygen atoms in total. The quantitative estimate of drug-likeness (QED) is 0.505. The lowest BCUT2D eigenvalue weighted by Crippen LogP contribution is -2.49. The highest BCUT2D eigenvalue weighted by Gasteiger charge is 2.21. The maximum atomic E-state index is 14.2. The minimum absolute atomic E-state index is 0.268. The molecular formula is C25H29ClFN5S. The number of hydrogen-bond donors (Lipinski definition) is 1. The molecule has 0 aliphatic carbocycles. The number of aromatic nitrogens is 2. The Hall–Kier alpha value is -2.48. The number of halogens is 2. The Morgan fingerprint density at radius 1 is 1.03 bits per heavy atom. The molecule has 0 spiro atoms. The Morgan fingerprint density at radius 3 is 2.39 bits per heavy atom. The monoisotopic (exact) mass is 485 g/mol. The van der Waals surface area contributed by atoms with Gasteiger partial charge in [0, 0.05) is 43.3 Å². The van der Waals surface area contributed by atoms with Gasteiger partial charge in [0.25, 0.3) is 0 Å². The van der Waals surface area contributed by atoms with Crippen LogP contribution in [0.25, 0.3) is 0 Å². The van der Waals surface area contributed by atoms with Gasteiger partial charge in [-0.15, -0.1) is 0 Å². The molecule has 4 rings (SSSR count). The summed E-state index contributed by atoms with van der Waals surface area (Å²) in [6, 6.07) is 13.4. The van der Waals surface area contributed by atoms with Gasteiger partial charge in [-0.2, -0.15) is 5.10 Å². The molecule has 0 radical (unpaired) electrons. The van der Waals surface area contributed by atoms with Crippen molar-refractivity contribution in [1.29, 1.82) is 0 Å². The van der Waals surface area contributed by atoms with Crippen molar-refractivity contribution >= 4 is 34.6 Å². The van der Waals surface area contributed by atoms with Crippen LogP contribution >= 0.6 is 23.8 Å². The van der Waals surface area contributed by atoms with E-state index in [1.54, 1.807) is 16.8 Å². The zero-order valence-corrected chi connectivity index (χ0v) is 20.8. The van der Waals surface area contributed by atoms with Crippen LogP contribution in [0, 0.1) is 26.6 Å². The number of benzene rings is 2.